The number of rotatable bonds is 6. The van der Waals surface area contributed by atoms with Crippen LogP contribution in [0.5, 0.6) is 11.5 Å². The first-order chi connectivity index (χ1) is 14.6. The SMILES string of the molecule is COc1cc(CN2CCC(c3cc(=O)[nH]c(-c4ccncc4)n3)CC2)cc(OC)c1. The maximum Gasteiger partial charge on any atom is 0.251 e. The number of hydrogen-bond acceptors (Lipinski definition) is 6. The van der Waals surface area contributed by atoms with Gasteiger partial charge in [-0.1, -0.05) is 0 Å². The fraction of sp³-hybridized carbons (Fsp3) is 0.348. The summed E-state index contributed by atoms with van der Waals surface area (Å²) < 4.78 is 10.8. The third-order valence-corrected chi connectivity index (χ3v) is 5.54. The molecular formula is C23H26N4O3. The van der Waals surface area contributed by atoms with Gasteiger partial charge in [0.1, 0.15) is 17.3 Å². The lowest BCUT2D eigenvalue weighted by Gasteiger charge is -2.31. The molecule has 0 bridgehead atoms. The number of methoxy groups -OCH3 is 2. The largest absolute Gasteiger partial charge is 0.497 e. The van der Waals surface area contributed by atoms with Crippen LogP contribution < -0.4 is 15.0 Å². The van der Waals surface area contributed by atoms with Gasteiger partial charge in [0, 0.05) is 42.6 Å². The maximum atomic E-state index is 12.2. The molecule has 3 aromatic rings. The van der Waals surface area contributed by atoms with Crippen molar-refractivity contribution in [3.63, 3.8) is 0 Å². The van der Waals surface area contributed by atoms with Crippen LogP contribution in [0.15, 0.2) is 53.6 Å². The Kier molecular flexibility index (Phi) is 6.09. The fourth-order valence-electron chi connectivity index (χ4n) is 3.93. The van der Waals surface area contributed by atoms with E-state index in [0.717, 1.165) is 55.2 Å². The van der Waals surface area contributed by atoms with E-state index in [9.17, 15) is 4.79 Å². The highest BCUT2D eigenvalue weighted by Crippen LogP contribution is 2.29. The molecule has 0 aliphatic carbocycles. The molecular weight excluding hydrogens is 380 g/mol. The molecule has 1 fully saturated rings. The van der Waals surface area contributed by atoms with Crippen LogP contribution in [-0.4, -0.2) is 47.2 Å². The number of nitrogens with zero attached hydrogens (tertiary/aromatic N) is 3. The molecule has 1 N–H and O–H groups in total. The van der Waals surface area contributed by atoms with Gasteiger partial charge in [0.25, 0.3) is 5.56 Å². The Bertz CT molecular complexity index is 1020. The number of likely N-dealkylation sites (tertiary alicyclic amines) is 1. The molecule has 0 saturated carbocycles. The van der Waals surface area contributed by atoms with Gasteiger partial charge >= 0.3 is 0 Å². The summed E-state index contributed by atoms with van der Waals surface area (Å²) in [6.07, 6.45) is 5.34. The second-order valence-corrected chi connectivity index (χ2v) is 7.53. The van der Waals surface area contributed by atoms with Gasteiger partial charge in [0.2, 0.25) is 0 Å². The molecule has 0 amide bonds. The van der Waals surface area contributed by atoms with Crippen LogP contribution in [0, 0.1) is 0 Å². The van der Waals surface area contributed by atoms with E-state index in [0.29, 0.717) is 5.82 Å². The zero-order chi connectivity index (χ0) is 20.9. The zero-order valence-corrected chi connectivity index (χ0v) is 17.3. The predicted octanol–water partition coefficient (Wildman–Crippen LogP) is 3.23. The predicted molar refractivity (Wildman–Crippen MR) is 115 cm³/mol. The van der Waals surface area contributed by atoms with E-state index in [1.807, 2.05) is 30.3 Å². The van der Waals surface area contributed by atoms with E-state index >= 15 is 0 Å². The van der Waals surface area contributed by atoms with Gasteiger partial charge in [-0.3, -0.25) is 14.7 Å². The van der Waals surface area contributed by atoms with Gasteiger partial charge < -0.3 is 14.5 Å². The van der Waals surface area contributed by atoms with Gasteiger partial charge in [0.15, 0.2) is 0 Å². The lowest BCUT2D eigenvalue weighted by molar-refractivity contribution is 0.203. The summed E-state index contributed by atoms with van der Waals surface area (Å²) in [7, 11) is 3.33. The van der Waals surface area contributed by atoms with E-state index < -0.39 is 0 Å². The number of ether oxygens (including phenoxy) is 2. The summed E-state index contributed by atoms with van der Waals surface area (Å²) in [6.45, 7) is 2.73. The highest BCUT2D eigenvalue weighted by Gasteiger charge is 2.23. The Labute approximate surface area is 175 Å². The minimum Gasteiger partial charge on any atom is -0.497 e. The Hall–Kier alpha value is -3.19. The average Bonchev–Trinajstić information content (AvgIpc) is 2.79. The number of aromatic amines is 1. The molecule has 1 saturated heterocycles. The maximum absolute atomic E-state index is 12.2. The van der Waals surface area contributed by atoms with Crippen molar-refractivity contribution >= 4 is 0 Å². The Balaban J connectivity index is 1.44. The van der Waals surface area contributed by atoms with Gasteiger partial charge in [-0.2, -0.15) is 0 Å². The monoisotopic (exact) mass is 406 g/mol. The van der Waals surface area contributed by atoms with Crippen molar-refractivity contribution in [3.8, 4) is 22.9 Å². The lowest BCUT2D eigenvalue weighted by atomic mass is 9.93. The fourth-order valence-corrected chi connectivity index (χ4v) is 3.93. The summed E-state index contributed by atoms with van der Waals surface area (Å²) >= 11 is 0. The molecule has 0 spiro atoms. The van der Waals surface area contributed by atoms with E-state index in [1.165, 1.54) is 5.56 Å². The molecule has 1 aliphatic heterocycles. The zero-order valence-electron chi connectivity index (χ0n) is 17.3. The van der Waals surface area contributed by atoms with Crippen molar-refractivity contribution < 1.29 is 9.47 Å². The van der Waals surface area contributed by atoms with Gasteiger partial charge in [-0.15, -0.1) is 0 Å². The highest BCUT2D eigenvalue weighted by atomic mass is 16.5. The van der Waals surface area contributed by atoms with Gasteiger partial charge in [0.05, 0.1) is 19.9 Å². The molecule has 4 rings (SSSR count). The molecule has 7 nitrogen and oxygen atoms in total. The third kappa shape index (κ3) is 4.68. The standard InChI is InChI=1S/C23H26N4O3/c1-29-19-11-16(12-20(13-19)30-2)15-27-9-5-17(6-10-27)21-14-22(28)26-23(25-21)18-3-7-24-8-4-18/h3-4,7-8,11-14,17H,5-6,9-10,15H2,1-2H3,(H,25,26,28). The number of aromatic nitrogens is 3. The van der Waals surface area contributed by atoms with Crippen LogP contribution in [0.1, 0.15) is 30.0 Å². The number of pyridine rings is 1. The first-order valence-electron chi connectivity index (χ1n) is 10.1. The number of H-pyrrole nitrogens is 1. The molecule has 3 heterocycles. The van der Waals surface area contributed by atoms with Crippen molar-refractivity contribution in [2.75, 3.05) is 27.3 Å². The summed E-state index contributed by atoms with van der Waals surface area (Å²) in [5.74, 6) is 2.49. The first kappa shape index (κ1) is 20.1. The summed E-state index contributed by atoms with van der Waals surface area (Å²) in [5.41, 5.74) is 2.79. The van der Waals surface area contributed by atoms with Crippen LogP contribution in [0.3, 0.4) is 0 Å². The van der Waals surface area contributed by atoms with E-state index in [1.54, 1.807) is 32.7 Å². The molecule has 0 unspecified atom stereocenters. The molecule has 7 heteroatoms. The van der Waals surface area contributed by atoms with Crippen molar-refractivity contribution in [2.24, 2.45) is 0 Å². The van der Waals surface area contributed by atoms with Crippen molar-refractivity contribution in [2.45, 2.75) is 25.3 Å². The number of hydrogen-bond donors (Lipinski definition) is 1. The molecule has 0 radical (unpaired) electrons. The number of piperidine rings is 1. The van der Waals surface area contributed by atoms with Crippen LogP contribution in [-0.2, 0) is 6.54 Å². The Morgan fingerprint density at radius 2 is 1.70 bits per heavy atom. The normalized spacial score (nSPS) is 15.1. The Morgan fingerprint density at radius 1 is 1.03 bits per heavy atom. The molecule has 1 aliphatic rings. The summed E-state index contributed by atoms with van der Waals surface area (Å²) in [5, 5.41) is 0. The average molecular weight is 406 g/mol. The molecule has 30 heavy (non-hydrogen) atoms. The van der Waals surface area contributed by atoms with E-state index in [2.05, 4.69) is 14.9 Å². The Morgan fingerprint density at radius 3 is 2.33 bits per heavy atom. The molecule has 156 valence electrons. The van der Waals surface area contributed by atoms with Crippen LogP contribution in [0.2, 0.25) is 0 Å². The minimum absolute atomic E-state index is 0.113. The van der Waals surface area contributed by atoms with Crippen molar-refractivity contribution in [3.05, 3.63) is 70.4 Å². The summed E-state index contributed by atoms with van der Waals surface area (Å²) in [6, 6.07) is 11.3. The molecule has 1 aromatic carbocycles. The lowest BCUT2D eigenvalue weighted by Crippen LogP contribution is -2.33. The van der Waals surface area contributed by atoms with Crippen molar-refractivity contribution in [1.29, 1.82) is 0 Å². The molecule has 2 aromatic heterocycles. The highest BCUT2D eigenvalue weighted by molar-refractivity contribution is 5.53. The minimum atomic E-state index is -0.113. The van der Waals surface area contributed by atoms with Crippen LogP contribution in [0.4, 0.5) is 0 Å². The van der Waals surface area contributed by atoms with Crippen molar-refractivity contribution in [1.82, 2.24) is 19.9 Å². The number of benzene rings is 1. The van der Waals surface area contributed by atoms with Crippen LogP contribution in [0.25, 0.3) is 11.4 Å². The first-order valence-corrected chi connectivity index (χ1v) is 10.1. The van der Waals surface area contributed by atoms with E-state index in [-0.39, 0.29) is 11.5 Å². The summed E-state index contributed by atoms with van der Waals surface area (Å²) in [4.78, 5) is 26.2. The third-order valence-electron chi connectivity index (χ3n) is 5.54. The number of nitrogens with one attached hydrogen (secondary N) is 1. The van der Waals surface area contributed by atoms with Gasteiger partial charge in [-0.05, 0) is 55.8 Å². The quantitative estimate of drug-likeness (QED) is 0.677. The molecule has 0 atom stereocenters. The van der Waals surface area contributed by atoms with Gasteiger partial charge in [-0.25, -0.2) is 4.98 Å². The topological polar surface area (TPSA) is 80.3 Å². The second-order valence-electron chi connectivity index (χ2n) is 7.53. The van der Waals surface area contributed by atoms with Crippen LogP contribution >= 0.6 is 0 Å². The second kappa shape index (κ2) is 9.09. The smallest absolute Gasteiger partial charge is 0.251 e. The van der Waals surface area contributed by atoms with E-state index in [4.69, 9.17) is 14.5 Å².